The molecular formula is C17H21F2N7O2. The van der Waals surface area contributed by atoms with Crippen LogP contribution in [0.4, 0.5) is 20.4 Å². The number of fused-ring (bicyclic) bond motifs is 1. The van der Waals surface area contributed by atoms with Crippen molar-refractivity contribution in [3.8, 4) is 5.88 Å². The predicted octanol–water partition coefficient (Wildman–Crippen LogP) is 3.10. The van der Waals surface area contributed by atoms with Crippen LogP contribution in [0.3, 0.4) is 0 Å². The van der Waals surface area contributed by atoms with Crippen LogP contribution in [-0.2, 0) is 11.3 Å². The monoisotopic (exact) mass is 393 g/mol. The van der Waals surface area contributed by atoms with Gasteiger partial charge in [-0.25, -0.2) is 19.7 Å². The van der Waals surface area contributed by atoms with Gasteiger partial charge in [0.1, 0.15) is 5.52 Å². The van der Waals surface area contributed by atoms with E-state index >= 15 is 0 Å². The van der Waals surface area contributed by atoms with Crippen LogP contribution in [0.1, 0.15) is 26.7 Å². The number of nitrogens with one attached hydrogen (secondary N) is 2. The van der Waals surface area contributed by atoms with Gasteiger partial charge in [0.05, 0.1) is 24.6 Å². The molecule has 0 aromatic carbocycles. The van der Waals surface area contributed by atoms with Crippen LogP contribution in [0, 0.1) is 5.92 Å². The van der Waals surface area contributed by atoms with Gasteiger partial charge < -0.3 is 14.8 Å². The Morgan fingerprint density at radius 2 is 2.07 bits per heavy atom. The summed E-state index contributed by atoms with van der Waals surface area (Å²) < 4.78 is 36.4. The van der Waals surface area contributed by atoms with Gasteiger partial charge in [0.2, 0.25) is 5.88 Å². The minimum absolute atomic E-state index is 0.140. The zero-order chi connectivity index (χ0) is 19.7. The summed E-state index contributed by atoms with van der Waals surface area (Å²) in [5, 5.41) is 13.6. The van der Waals surface area contributed by atoms with Crippen molar-refractivity contribution in [2.75, 3.05) is 5.32 Å². The molecule has 1 saturated heterocycles. The smallest absolute Gasteiger partial charge is 0.388 e. The summed E-state index contributed by atoms with van der Waals surface area (Å²) in [4.78, 5) is 8.91. The van der Waals surface area contributed by atoms with Crippen molar-refractivity contribution >= 4 is 22.8 Å². The van der Waals surface area contributed by atoms with Gasteiger partial charge in [-0.05, 0) is 32.6 Å². The fourth-order valence-corrected chi connectivity index (χ4v) is 3.63. The minimum Gasteiger partial charge on any atom is -0.417 e. The summed E-state index contributed by atoms with van der Waals surface area (Å²) in [5.74, 6) is 1.03. The van der Waals surface area contributed by atoms with E-state index in [4.69, 9.17) is 4.74 Å². The molecular weight excluding hydrogens is 372 g/mol. The van der Waals surface area contributed by atoms with E-state index in [1.807, 2.05) is 4.68 Å². The van der Waals surface area contributed by atoms with Gasteiger partial charge in [-0.2, -0.15) is 19.0 Å². The number of hydrogen-bond acceptors (Lipinski definition) is 7. The molecule has 150 valence electrons. The Morgan fingerprint density at radius 1 is 1.29 bits per heavy atom. The lowest BCUT2D eigenvalue weighted by molar-refractivity contribution is -0.0553. The molecule has 1 aliphatic rings. The lowest BCUT2D eigenvalue weighted by Crippen LogP contribution is -2.31. The summed E-state index contributed by atoms with van der Waals surface area (Å²) in [6, 6.07) is 1.32. The highest BCUT2D eigenvalue weighted by Crippen LogP contribution is 2.27. The number of ether oxygens (including phenoxy) is 2. The minimum atomic E-state index is -2.92. The van der Waals surface area contributed by atoms with Crippen LogP contribution in [0.2, 0.25) is 0 Å². The van der Waals surface area contributed by atoms with E-state index in [9.17, 15) is 8.78 Å². The van der Waals surface area contributed by atoms with Crippen LogP contribution in [0.5, 0.6) is 5.88 Å². The second-order valence-corrected chi connectivity index (χ2v) is 7.01. The first-order chi connectivity index (χ1) is 13.5. The molecule has 3 atom stereocenters. The van der Waals surface area contributed by atoms with Crippen LogP contribution >= 0.6 is 0 Å². The van der Waals surface area contributed by atoms with Gasteiger partial charge in [0.25, 0.3) is 0 Å². The summed E-state index contributed by atoms with van der Waals surface area (Å²) >= 11 is 0. The number of alkyl halides is 2. The molecule has 1 fully saturated rings. The number of nitrogens with zero attached hydrogens (tertiary/aromatic N) is 5. The molecule has 28 heavy (non-hydrogen) atoms. The number of rotatable bonds is 6. The molecule has 0 spiro atoms. The highest BCUT2D eigenvalue weighted by molar-refractivity contribution is 5.71. The fraction of sp³-hybridized carbons (Fsp3) is 0.529. The summed E-state index contributed by atoms with van der Waals surface area (Å²) in [6.07, 6.45) is 5.61. The summed E-state index contributed by atoms with van der Waals surface area (Å²) in [5.41, 5.74) is 1.33. The van der Waals surface area contributed by atoms with Crippen molar-refractivity contribution in [2.45, 2.75) is 52.1 Å². The topological polar surface area (TPSA) is 103 Å². The second-order valence-electron chi connectivity index (χ2n) is 7.01. The standard InChI is InChI=1S/C17H21F2N7O2/c1-9-3-11(4-10(2)27-9)8-26-16-12(6-21-26)20-7-14(23-16)22-13-5-15(25-24-13)28-17(18)19/h5-7,9-11,17H,3-4,8H2,1-2H3,(H2,22,23,24,25)/t9-,10+,11+. The summed E-state index contributed by atoms with van der Waals surface area (Å²) in [6.45, 7) is 1.98. The van der Waals surface area contributed by atoms with Crippen molar-refractivity contribution in [2.24, 2.45) is 5.92 Å². The van der Waals surface area contributed by atoms with E-state index in [0.29, 0.717) is 28.7 Å². The van der Waals surface area contributed by atoms with Crippen molar-refractivity contribution in [1.82, 2.24) is 29.9 Å². The van der Waals surface area contributed by atoms with Crippen molar-refractivity contribution in [3.05, 3.63) is 18.5 Å². The SMILES string of the molecule is C[C@@H]1C[C@H](Cn2ncc3ncc(Nc4cc(OC(F)F)[nH]n4)nc32)C[C@H](C)O1. The largest absolute Gasteiger partial charge is 0.417 e. The molecule has 4 rings (SSSR count). The lowest BCUT2D eigenvalue weighted by Gasteiger charge is -2.32. The number of H-pyrrole nitrogens is 1. The number of aromatic amines is 1. The second kappa shape index (κ2) is 7.66. The van der Waals surface area contributed by atoms with Crippen molar-refractivity contribution in [1.29, 1.82) is 0 Å². The molecule has 0 aliphatic carbocycles. The number of aromatic nitrogens is 6. The highest BCUT2D eigenvalue weighted by atomic mass is 19.3. The first kappa shape index (κ1) is 18.5. The normalized spacial score (nSPS) is 22.7. The Hall–Kier alpha value is -2.82. The van der Waals surface area contributed by atoms with Crippen molar-refractivity contribution < 1.29 is 18.3 Å². The molecule has 4 heterocycles. The van der Waals surface area contributed by atoms with E-state index in [2.05, 4.69) is 49.2 Å². The van der Waals surface area contributed by atoms with Gasteiger partial charge in [-0.15, -0.1) is 0 Å². The van der Waals surface area contributed by atoms with E-state index < -0.39 is 6.61 Å². The van der Waals surface area contributed by atoms with E-state index in [1.165, 1.54) is 12.3 Å². The maximum absolute atomic E-state index is 12.3. The molecule has 3 aromatic rings. The van der Waals surface area contributed by atoms with Gasteiger partial charge in [-0.3, -0.25) is 0 Å². The van der Waals surface area contributed by atoms with E-state index in [0.717, 1.165) is 19.4 Å². The molecule has 0 bridgehead atoms. The van der Waals surface area contributed by atoms with Crippen LogP contribution in [0.25, 0.3) is 11.2 Å². The van der Waals surface area contributed by atoms with Gasteiger partial charge >= 0.3 is 6.61 Å². The van der Waals surface area contributed by atoms with Crippen molar-refractivity contribution in [3.63, 3.8) is 0 Å². The molecule has 0 radical (unpaired) electrons. The van der Waals surface area contributed by atoms with Gasteiger partial charge in [0, 0.05) is 12.6 Å². The highest BCUT2D eigenvalue weighted by Gasteiger charge is 2.25. The van der Waals surface area contributed by atoms with Crippen LogP contribution in [-0.4, -0.2) is 48.8 Å². The Bertz CT molecular complexity index is 935. The van der Waals surface area contributed by atoms with E-state index in [1.54, 1.807) is 6.20 Å². The quantitative estimate of drug-likeness (QED) is 0.663. The number of halogens is 2. The molecule has 1 aliphatic heterocycles. The third kappa shape index (κ3) is 4.19. The molecule has 3 aromatic heterocycles. The molecule has 2 N–H and O–H groups in total. The van der Waals surface area contributed by atoms with Crippen LogP contribution in [0.15, 0.2) is 18.5 Å². The maximum atomic E-state index is 12.3. The first-order valence-electron chi connectivity index (χ1n) is 9.07. The molecule has 0 saturated carbocycles. The van der Waals surface area contributed by atoms with Gasteiger partial charge in [0.15, 0.2) is 17.3 Å². The van der Waals surface area contributed by atoms with Gasteiger partial charge in [-0.1, -0.05) is 0 Å². The van der Waals surface area contributed by atoms with E-state index in [-0.39, 0.29) is 18.1 Å². The summed E-state index contributed by atoms with van der Waals surface area (Å²) in [7, 11) is 0. The molecule has 9 nitrogen and oxygen atoms in total. The zero-order valence-corrected chi connectivity index (χ0v) is 15.5. The molecule has 0 unspecified atom stereocenters. The Morgan fingerprint density at radius 3 is 2.82 bits per heavy atom. The molecule has 11 heteroatoms. The maximum Gasteiger partial charge on any atom is 0.388 e. The predicted molar refractivity (Wildman–Crippen MR) is 96.6 cm³/mol. The number of hydrogen-bond donors (Lipinski definition) is 2. The fourth-order valence-electron chi connectivity index (χ4n) is 3.63. The Balaban J connectivity index is 1.50. The first-order valence-corrected chi connectivity index (χ1v) is 9.07. The lowest BCUT2D eigenvalue weighted by atomic mass is 9.92. The third-order valence-corrected chi connectivity index (χ3v) is 4.60. The number of anilines is 2. The van der Waals surface area contributed by atoms with Crippen LogP contribution < -0.4 is 10.1 Å². The average molecular weight is 393 g/mol. The third-order valence-electron chi connectivity index (χ3n) is 4.60. The average Bonchev–Trinajstić information content (AvgIpc) is 3.21. The zero-order valence-electron chi connectivity index (χ0n) is 15.5. The Labute approximate surface area is 159 Å². The molecule has 0 amide bonds. The Kier molecular flexibility index (Phi) is 5.07.